The van der Waals surface area contributed by atoms with Crippen molar-refractivity contribution in [3.8, 4) is 0 Å². The number of benzene rings is 3. The molecule has 0 radical (unpaired) electrons. The number of hydrogen-bond donors (Lipinski definition) is 4. The van der Waals surface area contributed by atoms with E-state index in [4.69, 9.17) is 0 Å². The van der Waals surface area contributed by atoms with Crippen LogP contribution in [-0.2, 0) is 32.6 Å². The smallest absolute Gasteiger partial charge is 0.255 e. The first-order valence-corrected chi connectivity index (χ1v) is 13.2. The van der Waals surface area contributed by atoms with Crippen LogP contribution in [0.4, 0.5) is 17.1 Å². The molecule has 0 aliphatic carbocycles. The van der Waals surface area contributed by atoms with Crippen LogP contribution in [-0.4, -0.2) is 25.7 Å². The molecule has 0 bridgehead atoms. The van der Waals surface area contributed by atoms with E-state index < -0.39 is 0 Å². The van der Waals surface area contributed by atoms with E-state index in [0.29, 0.717) is 17.7 Å². The van der Waals surface area contributed by atoms with Crippen LogP contribution >= 0.6 is 0 Å². The predicted octanol–water partition coefficient (Wildman–Crippen LogP) is 5.55. The van der Waals surface area contributed by atoms with Gasteiger partial charge in [0.1, 0.15) is 0 Å². The maximum atomic E-state index is 12.9. The zero-order valence-corrected chi connectivity index (χ0v) is 21.5. The van der Waals surface area contributed by atoms with Crippen LogP contribution in [0, 0.1) is 0 Å². The van der Waals surface area contributed by atoms with E-state index in [2.05, 4.69) is 20.2 Å². The van der Waals surface area contributed by atoms with Crippen molar-refractivity contribution in [1.82, 2.24) is 9.55 Å². The molecule has 5 aromatic rings. The van der Waals surface area contributed by atoms with Gasteiger partial charge in [0.2, 0.25) is 0 Å². The number of amides is 1. The molecule has 3 heterocycles. The molecule has 3 aromatic carbocycles. The molecule has 7 heteroatoms. The molecule has 0 unspecified atom stereocenters. The number of rotatable bonds is 8. The molecule has 0 spiro atoms. The lowest BCUT2D eigenvalue weighted by Gasteiger charge is -2.11. The highest BCUT2D eigenvalue weighted by atomic mass is 16.3. The molecule has 2 aromatic heterocycles. The van der Waals surface area contributed by atoms with Crippen molar-refractivity contribution in [3.05, 3.63) is 119 Å². The molecule has 4 N–H and O–H groups in total. The molecule has 39 heavy (non-hydrogen) atoms. The van der Waals surface area contributed by atoms with Crippen LogP contribution in [0.3, 0.4) is 0 Å². The van der Waals surface area contributed by atoms with Crippen LogP contribution in [0.1, 0.15) is 44.9 Å². The highest BCUT2D eigenvalue weighted by molar-refractivity contribution is 6.04. The average Bonchev–Trinajstić information content (AvgIpc) is 3.55. The lowest BCUT2D eigenvalue weighted by atomic mass is 10.0. The molecule has 1 aliphatic rings. The SMILES string of the molecule is O=C(Nc1ccc(Cc2c(CO)c(CO)c3n2CCC3)cc1)c1ccc(Nc2ccnc3ccccc23)cc1. The van der Waals surface area contributed by atoms with E-state index in [1.165, 1.54) is 0 Å². The second-order valence-corrected chi connectivity index (χ2v) is 9.83. The Morgan fingerprint density at radius 3 is 2.38 bits per heavy atom. The Hall–Kier alpha value is -4.46. The lowest BCUT2D eigenvalue weighted by molar-refractivity contribution is 0.102. The van der Waals surface area contributed by atoms with Crippen molar-refractivity contribution >= 4 is 33.9 Å². The monoisotopic (exact) mass is 518 g/mol. The Balaban J connectivity index is 1.12. The van der Waals surface area contributed by atoms with Crippen LogP contribution in [0.15, 0.2) is 85.1 Å². The number of nitrogens with one attached hydrogen (secondary N) is 2. The fourth-order valence-corrected chi connectivity index (χ4v) is 5.54. The van der Waals surface area contributed by atoms with Crippen LogP contribution in [0.5, 0.6) is 0 Å². The standard InChI is InChI=1S/C32H30N4O3/c37-19-26-27(20-38)31(36-17-3-6-30(26)36)18-21-7-11-24(12-8-21)35-32(39)22-9-13-23(14-10-22)34-29-15-16-33-28-5-2-1-4-25(28)29/h1-2,4-5,7-16,37-38H,3,6,17-20H2,(H,33,34)(H,35,39). The molecule has 1 aliphatic heterocycles. The fourth-order valence-electron chi connectivity index (χ4n) is 5.54. The Morgan fingerprint density at radius 1 is 0.872 bits per heavy atom. The first-order chi connectivity index (χ1) is 19.1. The van der Waals surface area contributed by atoms with Gasteiger partial charge >= 0.3 is 0 Å². The summed E-state index contributed by atoms with van der Waals surface area (Å²) < 4.78 is 2.25. The molecular formula is C32H30N4O3. The summed E-state index contributed by atoms with van der Waals surface area (Å²) in [4.78, 5) is 17.3. The van der Waals surface area contributed by atoms with E-state index in [1.807, 2.05) is 66.7 Å². The van der Waals surface area contributed by atoms with Gasteiger partial charge in [-0.05, 0) is 66.9 Å². The third kappa shape index (κ3) is 4.90. The van der Waals surface area contributed by atoms with Gasteiger partial charge in [0.15, 0.2) is 0 Å². The number of para-hydroxylation sites is 1. The summed E-state index contributed by atoms with van der Waals surface area (Å²) in [7, 11) is 0. The van der Waals surface area contributed by atoms with Crippen LogP contribution in [0.2, 0.25) is 0 Å². The number of fused-ring (bicyclic) bond motifs is 2. The summed E-state index contributed by atoms with van der Waals surface area (Å²) in [6.07, 6.45) is 4.44. The zero-order valence-electron chi connectivity index (χ0n) is 21.5. The number of aliphatic hydroxyl groups is 2. The largest absolute Gasteiger partial charge is 0.392 e. The maximum absolute atomic E-state index is 12.9. The summed E-state index contributed by atoms with van der Waals surface area (Å²) in [5, 5.41) is 27.3. The molecule has 0 fully saturated rings. The van der Waals surface area contributed by atoms with E-state index in [9.17, 15) is 15.0 Å². The van der Waals surface area contributed by atoms with Crippen molar-refractivity contribution < 1.29 is 15.0 Å². The quantitative estimate of drug-likeness (QED) is 0.216. The predicted molar refractivity (Wildman–Crippen MR) is 153 cm³/mol. The summed E-state index contributed by atoms with van der Waals surface area (Å²) >= 11 is 0. The van der Waals surface area contributed by atoms with Gasteiger partial charge in [0, 0.05) is 69.7 Å². The van der Waals surface area contributed by atoms with Gasteiger partial charge in [0.25, 0.3) is 5.91 Å². The number of pyridine rings is 1. The average molecular weight is 519 g/mol. The van der Waals surface area contributed by atoms with E-state index >= 15 is 0 Å². The first-order valence-electron chi connectivity index (χ1n) is 13.2. The molecule has 0 saturated carbocycles. The van der Waals surface area contributed by atoms with Gasteiger partial charge < -0.3 is 25.4 Å². The highest BCUT2D eigenvalue weighted by Crippen LogP contribution is 2.31. The van der Waals surface area contributed by atoms with Gasteiger partial charge in [-0.2, -0.15) is 0 Å². The third-order valence-electron chi connectivity index (χ3n) is 7.48. The first kappa shape index (κ1) is 24.9. The Morgan fingerprint density at radius 2 is 1.62 bits per heavy atom. The minimum absolute atomic E-state index is 0.0477. The van der Waals surface area contributed by atoms with Crippen molar-refractivity contribution in [1.29, 1.82) is 0 Å². The molecular weight excluding hydrogens is 488 g/mol. The topological polar surface area (TPSA) is 99.4 Å². The second kappa shape index (κ2) is 10.7. The third-order valence-corrected chi connectivity index (χ3v) is 7.48. The lowest BCUT2D eigenvalue weighted by Crippen LogP contribution is -2.12. The Labute approximate surface area is 226 Å². The second-order valence-electron chi connectivity index (χ2n) is 9.83. The number of anilines is 3. The van der Waals surface area contributed by atoms with E-state index in [1.54, 1.807) is 18.3 Å². The van der Waals surface area contributed by atoms with E-state index in [-0.39, 0.29) is 19.1 Å². The Bertz CT molecular complexity index is 1630. The van der Waals surface area contributed by atoms with Crippen LogP contribution in [0.25, 0.3) is 10.9 Å². The summed E-state index contributed by atoms with van der Waals surface area (Å²) in [5.74, 6) is -0.178. The number of carbonyl (C=O) groups is 1. The number of hydrogen-bond acceptors (Lipinski definition) is 5. The van der Waals surface area contributed by atoms with Gasteiger partial charge in [0.05, 0.1) is 18.7 Å². The highest BCUT2D eigenvalue weighted by Gasteiger charge is 2.24. The molecule has 7 nitrogen and oxygen atoms in total. The maximum Gasteiger partial charge on any atom is 0.255 e. The molecule has 0 saturated heterocycles. The van der Waals surface area contributed by atoms with E-state index in [0.717, 1.165) is 69.7 Å². The number of aliphatic hydroxyl groups excluding tert-OH is 2. The van der Waals surface area contributed by atoms with Crippen molar-refractivity contribution in [3.63, 3.8) is 0 Å². The molecule has 0 atom stereocenters. The minimum Gasteiger partial charge on any atom is -0.392 e. The molecule has 6 rings (SSSR count). The van der Waals surface area contributed by atoms with Crippen molar-refractivity contribution in [2.24, 2.45) is 0 Å². The van der Waals surface area contributed by atoms with Gasteiger partial charge in [-0.25, -0.2) is 0 Å². The summed E-state index contributed by atoms with van der Waals surface area (Å²) in [6, 6.07) is 25.1. The minimum atomic E-state index is -0.178. The van der Waals surface area contributed by atoms with Gasteiger partial charge in [-0.1, -0.05) is 30.3 Å². The molecule has 196 valence electrons. The molecule has 1 amide bonds. The number of carbonyl (C=O) groups excluding carboxylic acids is 1. The van der Waals surface area contributed by atoms with Crippen LogP contribution < -0.4 is 10.6 Å². The van der Waals surface area contributed by atoms with Crippen molar-refractivity contribution in [2.75, 3.05) is 10.6 Å². The van der Waals surface area contributed by atoms with Gasteiger partial charge in [-0.15, -0.1) is 0 Å². The summed E-state index contributed by atoms with van der Waals surface area (Å²) in [6.45, 7) is 0.792. The summed E-state index contributed by atoms with van der Waals surface area (Å²) in [5.41, 5.74) is 9.07. The fraction of sp³-hybridized carbons (Fsp3) is 0.188. The Kier molecular flexibility index (Phi) is 6.84. The normalized spacial score (nSPS) is 12.5. The van der Waals surface area contributed by atoms with Gasteiger partial charge in [-0.3, -0.25) is 9.78 Å². The van der Waals surface area contributed by atoms with Crippen molar-refractivity contribution in [2.45, 2.75) is 39.0 Å². The zero-order chi connectivity index (χ0) is 26.8. The number of aromatic nitrogens is 2. The number of nitrogens with zero attached hydrogens (tertiary/aromatic N) is 2.